The van der Waals surface area contributed by atoms with Crippen molar-refractivity contribution in [2.75, 3.05) is 6.54 Å². The van der Waals surface area contributed by atoms with Crippen molar-refractivity contribution in [3.05, 3.63) is 64.7 Å². The minimum Gasteiger partial charge on any atom is -0.508 e. The third-order valence-corrected chi connectivity index (χ3v) is 5.35. The van der Waals surface area contributed by atoms with Gasteiger partial charge in [-0.1, -0.05) is 48.9 Å². The maximum Gasteiger partial charge on any atom is 0.119 e. The van der Waals surface area contributed by atoms with Gasteiger partial charge < -0.3 is 5.11 Å². The number of benzene rings is 2. The predicted octanol–water partition coefficient (Wildman–Crippen LogP) is 5.90. The van der Waals surface area contributed by atoms with E-state index in [0.717, 1.165) is 24.9 Å². The Kier molecular flexibility index (Phi) is 7.28. The van der Waals surface area contributed by atoms with Crippen LogP contribution in [0.5, 0.6) is 5.75 Å². The summed E-state index contributed by atoms with van der Waals surface area (Å²) < 4.78 is 0. The van der Waals surface area contributed by atoms with Gasteiger partial charge in [0.05, 0.1) is 0 Å². The van der Waals surface area contributed by atoms with Gasteiger partial charge in [0.2, 0.25) is 0 Å². The molecular weight excluding hydrogens is 318 g/mol. The van der Waals surface area contributed by atoms with E-state index in [1.54, 1.807) is 0 Å². The van der Waals surface area contributed by atoms with Crippen LogP contribution in [0.1, 0.15) is 69.2 Å². The number of hydrogen-bond acceptors (Lipinski definition) is 2. The second kappa shape index (κ2) is 9.23. The number of rotatable bonds is 8. The predicted molar refractivity (Wildman–Crippen MR) is 112 cm³/mol. The Hall–Kier alpha value is -1.80. The Morgan fingerprint density at radius 1 is 0.923 bits per heavy atom. The second-order valence-corrected chi connectivity index (χ2v) is 7.92. The van der Waals surface area contributed by atoms with Gasteiger partial charge >= 0.3 is 0 Å². The van der Waals surface area contributed by atoms with Crippen molar-refractivity contribution in [1.82, 2.24) is 4.90 Å². The van der Waals surface area contributed by atoms with E-state index in [1.807, 2.05) is 12.1 Å². The van der Waals surface area contributed by atoms with Crippen molar-refractivity contribution in [1.29, 1.82) is 0 Å². The van der Waals surface area contributed by atoms with Gasteiger partial charge in [-0.25, -0.2) is 0 Å². The van der Waals surface area contributed by atoms with Crippen LogP contribution in [0.15, 0.2) is 42.5 Å². The van der Waals surface area contributed by atoms with Crippen molar-refractivity contribution in [2.24, 2.45) is 0 Å². The van der Waals surface area contributed by atoms with E-state index in [0.29, 0.717) is 17.8 Å². The van der Waals surface area contributed by atoms with E-state index in [9.17, 15) is 5.11 Å². The summed E-state index contributed by atoms with van der Waals surface area (Å²) in [4.78, 5) is 2.53. The van der Waals surface area contributed by atoms with Crippen molar-refractivity contribution in [2.45, 2.75) is 72.4 Å². The molecule has 1 atom stereocenters. The molecule has 0 saturated carbocycles. The second-order valence-electron chi connectivity index (χ2n) is 7.92. The van der Waals surface area contributed by atoms with Gasteiger partial charge in [0.25, 0.3) is 0 Å². The van der Waals surface area contributed by atoms with Crippen molar-refractivity contribution in [3.63, 3.8) is 0 Å². The molecule has 0 aliphatic rings. The third-order valence-electron chi connectivity index (χ3n) is 5.35. The van der Waals surface area contributed by atoms with Crippen LogP contribution in [0, 0.1) is 6.92 Å². The lowest BCUT2D eigenvalue weighted by Gasteiger charge is -2.32. The van der Waals surface area contributed by atoms with Crippen LogP contribution >= 0.6 is 0 Å². The summed E-state index contributed by atoms with van der Waals surface area (Å²) in [6, 6.07) is 15.9. The van der Waals surface area contributed by atoms with Crippen molar-refractivity contribution in [3.8, 4) is 5.75 Å². The molecule has 2 nitrogen and oxygen atoms in total. The smallest absolute Gasteiger partial charge is 0.119 e. The van der Waals surface area contributed by atoms with Crippen LogP contribution in [0.3, 0.4) is 0 Å². The summed E-state index contributed by atoms with van der Waals surface area (Å²) in [7, 11) is 0. The number of hydrogen-bond donors (Lipinski definition) is 1. The van der Waals surface area contributed by atoms with Crippen LogP contribution in [-0.4, -0.2) is 28.6 Å². The van der Waals surface area contributed by atoms with Gasteiger partial charge in [-0.2, -0.15) is 0 Å². The highest BCUT2D eigenvalue weighted by Gasteiger charge is 2.21. The molecule has 0 aliphatic heterocycles. The molecule has 2 aromatic carbocycles. The molecule has 0 saturated heterocycles. The van der Waals surface area contributed by atoms with Gasteiger partial charge in [0.15, 0.2) is 0 Å². The number of aryl methyl sites for hydroxylation is 2. The number of phenols is 1. The van der Waals surface area contributed by atoms with E-state index in [2.05, 4.69) is 76.8 Å². The molecular formula is C24H35NO. The first-order valence-corrected chi connectivity index (χ1v) is 9.97. The largest absolute Gasteiger partial charge is 0.508 e. The normalized spacial score (nSPS) is 13.0. The minimum atomic E-state index is 0.209. The summed E-state index contributed by atoms with van der Waals surface area (Å²) >= 11 is 0. The van der Waals surface area contributed by atoms with Crippen LogP contribution in [0.25, 0.3) is 0 Å². The van der Waals surface area contributed by atoms with E-state index in [-0.39, 0.29) is 5.92 Å². The average Bonchev–Trinajstić information content (AvgIpc) is 2.60. The Labute approximate surface area is 159 Å². The summed E-state index contributed by atoms with van der Waals surface area (Å²) in [5.41, 5.74) is 4.88. The van der Waals surface area contributed by atoms with Gasteiger partial charge in [0, 0.05) is 23.6 Å². The molecule has 0 fully saturated rings. The lowest BCUT2D eigenvalue weighted by atomic mass is 9.86. The molecule has 1 N–H and O–H groups in total. The minimum absolute atomic E-state index is 0.209. The Balaban J connectivity index is 2.36. The zero-order valence-electron chi connectivity index (χ0n) is 17.3. The fourth-order valence-electron chi connectivity index (χ4n) is 3.83. The summed E-state index contributed by atoms with van der Waals surface area (Å²) in [6.45, 7) is 14.3. The molecule has 2 aromatic rings. The maximum absolute atomic E-state index is 10.5. The average molecular weight is 354 g/mol. The molecule has 0 amide bonds. The monoisotopic (exact) mass is 353 g/mol. The van der Waals surface area contributed by atoms with E-state index < -0.39 is 0 Å². The third kappa shape index (κ3) is 5.11. The Morgan fingerprint density at radius 2 is 1.54 bits per heavy atom. The SMILES string of the molecule is CCc1ccc(C(CCN(C(C)C)C(C)C)c2cc(C)ccc2O)cc1. The van der Waals surface area contributed by atoms with Gasteiger partial charge in [-0.15, -0.1) is 0 Å². The highest BCUT2D eigenvalue weighted by Crippen LogP contribution is 2.35. The standard InChI is InChI=1S/C24H35NO/c1-7-20-9-11-21(12-10-20)22(14-15-25(17(2)3)18(4)5)23-16-19(6)8-13-24(23)26/h8-13,16-18,22,26H,7,14-15H2,1-6H3. The van der Waals surface area contributed by atoms with E-state index >= 15 is 0 Å². The highest BCUT2D eigenvalue weighted by atomic mass is 16.3. The Bertz CT molecular complexity index is 680. The lowest BCUT2D eigenvalue weighted by molar-refractivity contribution is 0.170. The molecule has 0 aliphatic carbocycles. The van der Waals surface area contributed by atoms with Gasteiger partial charge in [-0.3, -0.25) is 4.90 Å². The topological polar surface area (TPSA) is 23.5 Å². The fourth-order valence-corrected chi connectivity index (χ4v) is 3.83. The maximum atomic E-state index is 10.5. The highest BCUT2D eigenvalue weighted by molar-refractivity contribution is 5.44. The van der Waals surface area contributed by atoms with Crippen molar-refractivity contribution < 1.29 is 5.11 Å². The molecule has 0 radical (unpaired) electrons. The molecule has 2 heteroatoms. The summed E-state index contributed by atoms with van der Waals surface area (Å²) in [6.07, 6.45) is 2.05. The fraction of sp³-hybridized carbons (Fsp3) is 0.500. The first-order chi connectivity index (χ1) is 12.3. The number of phenolic OH excluding ortho intramolecular Hbond substituents is 1. The Morgan fingerprint density at radius 3 is 2.08 bits per heavy atom. The zero-order valence-corrected chi connectivity index (χ0v) is 17.3. The van der Waals surface area contributed by atoms with Gasteiger partial charge in [-0.05, 0) is 71.2 Å². The van der Waals surface area contributed by atoms with Crippen molar-refractivity contribution >= 4 is 0 Å². The summed E-state index contributed by atoms with van der Waals surface area (Å²) in [5.74, 6) is 0.613. The lowest BCUT2D eigenvalue weighted by Crippen LogP contribution is -2.38. The molecule has 0 heterocycles. The van der Waals surface area contributed by atoms with Gasteiger partial charge in [0.1, 0.15) is 5.75 Å². The number of nitrogens with zero attached hydrogens (tertiary/aromatic N) is 1. The van der Waals surface area contributed by atoms with E-state index in [4.69, 9.17) is 0 Å². The van der Waals surface area contributed by atoms with E-state index in [1.165, 1.54) is 16.7 Å². The number of aromatic hydroxyl groups is 1. The first-order valence-electron chi connectivity index (χ1n) is 9.97. The van der Waals surface area contributed by atoms with Crippen LogP contribution in [0.2, 0.25) is 0 Å². The molecule has 2 rings (SSSR count). The molecule has 0 aromatic heterocycles. The van der Waals surface area contributed by atoms with Crippen LogP contribution < -0.4 is 0 Å². The quantitative estimate of drug-likeness (QED) is 0.638. The molecule has 142 valence electrons. The van der Waals surface area contributed by atoms with Crippen LogP contribution in [-0.2, 0) is 6.42 Å². The molecule has 1 unspecified atom stereocenters. The first kappa shape index (κ1) is 20.5. The molecule has 26 heavy (non-hydrogen) atoms. The summed E-state index contributed by atoms with van der Waals surface area (Å²) in [5, 5.41) is 10.5. The molecule has 0 spiro atoms. The van der Waals surface area contributed by atoms with Crippen LogP contribution in [0.4, 0.5) is 0 Å². The molecule has 0 bridgehead atoms. The zero-order chi connectivity index (χ0) is 19.3.